The molecule has 2 heterocycles. The summed E-state index contributed by atoms with van der Waals surface area (Å²) in [5.41, 5.74) is 4.12. The van der Waals surface area contributed by atoms with Gasteiger partial charge in [-0.25, -0.2) is 0 Å². The molecule has 26 heavy (non-hydrogen) atoms. The smallest absolute Gasteiger partial charge is 0.307 e. The molecule has 0 aliphatic carbocycles. The molecule has 0 amide bonds. The van der Waals surface area contributed by atoms with Crippen molar-refractivity contribution < 1.29 is 9.90 Å². The number of para-hydroxylation sites is 1. The van der Waals surface area contributed by atoms with Crippen LogP contribution in [0.1, 0.15) is 12.0 Å². The van der Waals surface area contributed by atoms with Crippen molar-refractivity contribution in [3.63, 3.8) is 0 Å². The topological polar surface area (TPSA) is 67.2 Å². The van der Waals surface area contributed by atoms with E-state index in [9.17, 15) is 9.90 Å². The van der Waals surface area contributed by atoms with Crippen LogP contribution in [0.2, 0.25) is 0 Å². The van der Waals surface area contributed by atoms with Gasteiger partial charge < -0.3 is 10.4 Å². The maximum Gasteiger partial charge on any atom is 0.307 e. The van der Waals surface area contributed by atoms with Crippen LogP contribution in [0.3, 0.4) is 0 Å². The summed E-state index contributed by atoms with van der Waals surface area (Å²) in [4.78, 5) is 11.8. The largest absolute Gasteiger partial charge is 0.481 e. The molecular formula is C21H23N3O2. The number of aryl methyl sites for hydroxylation is 1. The minimum atomic E-state index is -0.701. The molecule has 4 rings (SSSR count). The van der Waals surface area contributed by atoms with E-state index in [-0.39, 0.29) is 11.8 Å². The van der Waals surface area contributed by atoms with Crippen LogP contribution in [0.25, 0.3) is 22.2 Å². The van der Waals surface area contributed by atoms with Gasteiger partial charge in [-0.05, 0) is 49.5 Å². The number of rotatable bonds is 5. The molecule has 5 heteroatoms. The van der Waals surface area contributed by atoms with Gasteiger partial charge in [0.15, 0.2) is 0 Å². The first-order valence-electron chi connectivity index (χ1n) is 9.08. The highest BCUT2D eigenvalue weighted by atomic mass is 16.4. The van der Waals surface area contributed by atoms with E-state index in [0.717, 1.165) is 47.2 Å². The molecule has 5 nitrogen and oxygen atoms in total. The monoisotopic (exact) mass is 349 g/mol. The molecule has 1 aromatic heterocycles. The third-order valence-electron chi connectivity index (χ3n) is 5.40. The number of aliphatic carboxylic acids is 1. The number of carbonyl (C=O) groups is 1. The molecular weight excluding hydrogens is 326 g/mol. The zero-order chi connectivity index (χ0) is 18.1. The first-order valence-corrected chi connectivity index (χ1v) is 9.08. The third kappa shape index (κ3) is 3.10. The Balaban J connectivity index is 1.67. The average molecular weight is 349 g/mol. The first kappa shape index (κ1) is 16.8. The van der Waals surface area contributed by atoms with Crippen molar-refractivity contribution >= 4 is 16.9 Å². The second kappa shape index (κ2) is 6.92. The van der Waals surface area contributed by atoms with Crippen molar-refractivity contribution in [2.24, 2.45) is 18.9 Å². The summed E-state index contributed by atoms with van der Waals surface area (Å²) >= 11 is 0. The van der Waals surface area contributed by atoms with Crippen molar-refractivity contribution in [2.75, 3.05) is 13.1 Å². The molecule has 1 fully saturated rings. The van der Waals surface area contributed by atoms with E-state index in [1.165, 1.54) is 0 Å². The highest BCUT2D eigenvalue weighted by molar-refractivity contribution is 5.93. The first-order chi connectivity index (χ1) is 12.6. The Morgan fingerprint density at radius 3 is 2.92 bits per heavy atom. The predicted molar refractivity (Wildman–Crippen MR) is 102 cm³/mol. The Bertz CT molecular complexity index is 941. The Morgan fingerprint density at radius 2 is 2.15 bits per heavy atom. The number of aromatic nitrogens is 2. The second-order valence-corrected chi connectivity index (χ2v) is 7.09. The number of fused-ring (bicyclic) bond motifs is 1. The standard InChI is InChI=1S/C21H23N3O2/c1-24-19-8-3-2-7-17(19)20(23-24)15-6-4-5-14(11-15)12-18(21(25)26)16-9-10-22-13-16/h2-8,11,16,18,22H,9-10,12-13H2,1H3,(H,25,26)/t16-,18-/m0/s1. The number of nitrogens with zero attached hydrogens (tertiary/aromatic N) is 2. The molecule has 1 saturated heterocycles. The molecule has 1 aliphatic rings. The van der Waals surface area contributed by atoms with Crippen molar-refractivity contribution in [1.82, 2.24) is 15.1 Å². The van der Waals surface area contributed by atoms with Crippen LogP contribution < -0.4 is 5.32 Å². The fourth-order valence-electron chi connectivity index (χ4n) is 4.00. The third-order valence-corrected chi connectivity index (χ3v) is 5.40. The van der Waals surface area contributed by atoms with E-state index < -0.39 is 5.97 Å². The van der Waals surface area contributed by atoms with Gasteiger partial charge in [-0.2, -0.15) is 5.10 Å². The molecule has 1 aliphatic heterocycles. The van der Waals surface area contributed by atoms with E-state index in [0.29, 0.717) is 6.42 Å². The van der Waals surface area contributed by atoms with Gasteiger partial charge in [-0.1, -0.05) is 36.4 Å². The molecule has 2 atom stereocenters. The molecule has 2 N–H and O–H groups in total. The number of hydrogen-bond acceptors (Lipinski definition) is 3. The van der Waals surface area contributed by atoms with E-state index >= 15 is 0 Å². The molecule has 0 spiro atoms. The summed E-state index contributed by atoms with van der Waals surface area (Å²) in [5.74, 6) is -0.847. The molecule has 0 saturated carbocycles. The van der Waals surface area contributed by atoms with Crippen molar-refractivity contribution in [2.45, 2.75) is 12.8 Å². The van der Waals surface area contributed by atoms with Crippen LogP contribution in [0.5, 0.6) is 0 Å². The number of carboxylic acid groups (broad SMARTS) is 1. The van der Waals surface area contributed by atoms with Gasteiger partial charge in [0.2, 0.25) is 0 Å². The van der Waals surface area contributed by atoms with Gasteiger partial charge in [0, 0.05) is 18.0 Å². The van der Waals surface area contributed by atoms with Gasteiger partial charge >= 0.3 is 5.97 Å². The number of hydrogen-bond donors (Lipinski definition) is 2. The minimum absolute atomic E-state index is 0.201. The SMILES string of the molecule is Cn1nc(-c2cccc(C[C@H](C(=O)O)[C@H]3CCNC3)c2)c2ccccc21. The fourth-order valence-corrected chi connectivity index (χ4v) is 4.00. The van der Waals surface area contributed by atoms with Crippen LogP contribution >= 0.6 is 0 Å². The summed E-state index contributed by atoms with van der Waals surface area (Å²) in [6.07, 6.45) is 1.49. The minimum Gasteiger partial charge on any atom is -0.481 e. The van der Waals surface area contributed by atoms with E-state index in [2.05, 4.69) is 28.6 Å². The molecule has 0 unspecified atom stereocenters. The lowest BCUT2D eigenvalue weighted by Crippen LogP contribution is -2.27. The second-order valence-electron chi connectivity index (χ2n) is 7.09. The molecule has 0 bridgehead atoms. The zero-order valence-electron chi connectivity index (χ0n) is 14.9. The molecule has 3 aromatic rings. The summed E-state index contributed by atoms with van der Waals surface area (Å²) in [7, 11) is 1.95. The van der Waals surface area contributed by atoms with Crippen molar-refractivity contribution in [3.05, 3.63) is 54.1 Å². The van der Waals surface area contributed by atoms with E-state index in [1.54, 1.807) is 0 Å². The molecule has 2 aromatic carbocycles. The van der Waals surface area contributed by atoms with Gasteiger partial charge in [-0.15, -0.1) is 0 Å². The van der Waals surface area contributed by atoms with Gasteiger partial charge in [0.25, 0.3) is 0 Å². The quantitative estimate of drug-likeness (QED) is 0.743. The number of carboxylic acids is 1. The van der Waals surface area contributed by atoms with Gasteiger partial charge in [-0.3, -0.25) is 9.48 Å². The summed E-state index contributed by atoms with van der Waals surface area (Å²) in [6, 6.07) is 16.3. The average Bonchev–Trinajstić information content (AvgIpc) is 3.29. The lowest BCUT2D eigenvalue weighted by atomic mass is 9.86. The lowest BCUT2D eigenvalue weighted by Gasteiger charge is -2.19. The van der Waals surface area contributed by atoms with Gasteiger partial charge in [0.05, 0.1) is 11.4 Å². The van der Waals surface area contributed by atoms with Crippen LogP contribution in [0, 0.1) is 11.8 Å². The predicted octanol–water partition coefficient (Wildman–Crippen LogP) is 3.09. The van der Waals surface area contributed by atoms with Crippen LogP contribution in [0.4, 0.5) is 0 Å². The fraction of sp³-hybridized carbons (Fsp3) is 0.333. The normalized spacial score (nSPS) is 18.3. The maximum atomic E-state index is 11.8. The molecule has 0 radical (unpaired) electrons. The van der Waals surface area contributed by atoms with Crippen LogP contribution in [-0.2, 0) is 18.3 Å². The summed E-state index contributed by atoms with van der Waals surface area (Å²) < 4.78 is 1.89. The van der Waals surface area contributed by atoms with E-state index in [4.69, 9.17) is 0 Å². The van der Waals surface area contributed by atoms with Crippen molar-refractivity contribution in [1.29, 1.82) is 0 Å². The molecule has 134 valence electrons. The maximum absolute atomic E-state index is 11.8. The Labute approximate surface area is 152 Å². The highest BCUT2D eigenvalue weighted by Gasteiger charge is 2.30. The number of nitrogens with one attached hydrogen (secondary N) is 1. The van der Waals surface area contributed by atoms with E-state index in [1.807, 2.05) is 42.1 Å². The Kier molecular flexibility index (Phi) is 4.47. The van der Waals surface area contributed by atoms with Crippen molar-refractivity contribution in [3.8, 4) is 11.3 Å². The Morgan fingerprint density at radius 1 is 1.31 bits per heavy atom. The van der Waals surface area contributed by atoms with Crippen LogP contribution in [-0.4, -0.2) is 33.9 Å². The highest BCUT2D eigenvalue weighted by Crippen LogP contribution is 2.30. The lowest BCUT2D eigenvalue weighted by molar-refractivity contribution is -0.143. The van der Waals surface area contributed by atoms with Gasteiger partial charge in [0.1, 0.15) is 5.69 Å². The van der Waals surface area contributed by atoms with Crippen LogP contribution in [0.15, 0.2) is 48.5 Å². The zero-order valence-corrected chi connectivity index (χ0v) is 14.9. The Hall–Kier alpha value is -2.66. The summed E-state index contributed by atoms with van der Waals surface area (Å²) in [5, 5.41) is 18.8. The number of benzene rings is 2. The summed E-state index contributed by atoms with van der Waals surface area (Å²) in [6.45, 7) is 1.70.